The Morgan fingerprint density at radius 3 is 1.93 bits per heavy atom. The largest absolute Gasteiger partial charge is 0.508 e. The first-order chi connectivity index (χ1) is 18.9. The average Bonchev–Trinajstić information content (AvgIpc) is 2.91. The van der Waals surface area contributed by atoms with Crippen LogP contribution in [0.15, 0.2) is 54.6 Å². The summed E-state index contributed by atoms with van der Waals surface area (Å²) < 4.78 is 0. The maximum absolute atomic E-state index is 13.2. The number of carboxylic acids is 1. The van der Waals surface area contributed by atoms with Crippen molar-refractivity contribution in [1.29, 1.82) is 0 Å². The minimum absolute atomic E-state index is 0.0301. The monoisotopic (exact) mass is 555 g/mol. The Labute approximate surface area is 232 Å². The van der Waals surface area contributed by atoms with Crippen LogP contribution in [0.4, 0.5) is 0 Å². The van der Waals surface area contributed by atoms with Crippen molar-refractivity contribution in [2.45, 2.75) is 63.7 Å². The molecule has 12 heteroatoms. The van der Waals surface area contributed by atoms with Crippen LogP contribution in [-0.2, 0) is 36.8 Å². The van der Waals surface area contributed by atoms with E-state index in [0.29, 0.717) is 17.5 Å². The Bertz CT molecular complexity index is 1170. The minimum Gasteiger partial charge on any atom is -0.508 e. The van der Waals surface area contributed by atoms with Crippen LogP contribution in [0.3, 0.4) is 0 Å². The zero-order valence-electron chi connectivity index (χ0n) is 22.5. The predicted molar refractivity (Wildman–Crippen MR) is 147 cm³/mol. The normalized spacial score (nSPS) is 14.6. The number of primary amides is 1. The molecule has 0 bridgehead atoms. The number of hydrogen-bond acceptors (Lipinski definition) is 7. The van der Waals surface area contributed by atoms with Crippen molar-refractivity contribution in [3.05, 3.63) is 65.7 Å². The van der Waals surface area contributed by atoms with Crippen molar-refractivity contribution in [3.8, 4) is 5.75 Å². The maximum Gasteiger partial charge on any atom is 0.326 e. The lowest BCUT2D eigenvalue weighted by atomic mass is 9.96. The summed E-state index contributed by atoms with van der Waals surface area (Å²) in [6.07, 6.45) is 0.0263. The van der Waals surface area contributed by atoms with Crippen LogP contribution in [0.1, 0.15) is 37.8 Å². The lowest BCUT2D eigenvalue weighted by molar-refractivity contribution is -0.142. The molecule has 5 atom stereocenters. The van der Waals surface area contributed by atoms with Crippen LogP contribution in [-0.4, -0.2) is 64.0 Å². The average molecular weight is 556 g/mol. The molecule has 12 nitrogen and oxygen atoms in total. The number of phenolic OH excluding ortho intramolecular Hbond substituents is 1. The second-order valence-corrected chi connectivity index (χ2v) is 9.67. The summed E-state index contributed by atoms with van der Waals surface area (Å²) in [5.74, 6) is -4.78. The van der Waals surface area contributed by atoms with E-state index in [1.807, 2.05) is 0 Å². The third-order valence-electron chi connectivity index (χ3n) is 6.46. The van der Waals surface area contributed by atoms with Crippen molar-refractivity contribution in [3.63, 3.8) is 0 Å². The lowest BCUT2D eigenvalue weighted by Crippen LogP contribution is -2.59. The predicted octanol–water partition coefficient (Wildman–Crippen LogP) is -0.0348. The number of carboxylic acid groups (broad SMARTS) is 1. The fourth-order valence-electron chi connectivity index (χ4n) is 3.94. The van der Waals surface area contributed by atoms with Crippen molar-refractivity contribution < 1.29 is 34.2 Å². The van der Waals surface area contributed by atoms with Gasteiger partial charge in [-0.1, -0.05) is 62.7 Å². The Hall–Kier alpha value is -4.45. The molecule has 2 aromatic rings. The summed E-state index contributed by atoms with van der Waals surface area (Å²) in [6, 6.07) is 9.91. The number of hydrogen-bond donors (Lipinski definition) is 7. The zero-order chi connectivity index (χ0) is 29.8. The third kappa shape index (κ3) is 10.0. The highest BCUT2D eigenvalue weighted by atomic mass is 16.4. The van der Waals surface area contributed by atoms with Gasteiger partial charge < -0.3 is 37.6 Å². The molecular formula is C28H37N5O7. The van der Waals surface area contributed by atoms with Crippen molar-refractivity contribution in [2.75, 3.05) is 0 Å². The van der Waals surface area contributed by atoms with E-state index in [4.69, 9.17) is 11.5 Å². The number of phenols is 1. The summed E-state index contributed by atoms with van der Waals surface area (Å²) in [5, 5.41) is 26.5. The molecule has 216 valence electrons. The molecule has 0 fully saturated rings. The molecule has 0 aromatic heterocycles. The number of nitrogens with two attached hydrogens (primary N) is 2. The molecule has 0 saturated carbocycles. The highest BCUT2D eigenvalue weighted by molar-refractivity contribution is 5.96. The summed E-state index contributed by atoms with van der Waals surface area (Å²) in [6.45, 7) is 3.49. The molecule has 9 N–H and O–H groups in total. The first-order valence-electron chi connectivity index (χ1n) is 12.9. The zero-order valence-corrected chi connectivity index (χ0v) is 22.5. The Kier molecular flexibility index (Phi) is 12.1. The molecular weight excluding hydrogens is 518 g/mol. The lowest BCUT2D eigenvalue weighted by Gasteiger charge is -2.28. The molecule has 0 heterocycles. The standard InChI is InChI=1S/C28H37N5O7/c1-3-16(2)24(27(38)32-22(28(39)40)14-17-7-5-4-6-8-17)33-26(37)21(15-23(30)35)31-25(36)20(29)13-18-9-11-19(34)12-10-18/h4-12,16,20-22,24,34H,3,13-15,29H2,1-2H3,(H2,30,35)(H,31,36)(H,32,38)(H,33,37)(H,39,40). The molecule has 0 aliphatic heterocycles. The van der Waals surface area contributed by atoms with Gasteiger partial charge in [0.2, 0.25) is 23.6 Å². The van der Waals surface area contributed by atoms with Gasteiger partial charge in [-0.05, 0) is 35.6 Å². The van der Waals surface area contributed by atoms with E-state index in [1.165, 1.54) is 12.1 Å². The first-order valence-corrected chi connectivity index (χ1v) is 12.9. The van der Waals surface area contributed by atoms with Crippen LogP contribution in [0.2, 0.25) is 0 Å². The van der Waals surface area contributed by atoms with Crippen molar-refractivity contribution in [1.82, 2.24) is 16.0 Å². The van der Waals surface area contributed by atoms with Gasteiger partial charge in [-0.15, -0.1) is 0 Å². The smallest absolute Gasteiger partial charge is 0.326 e. The first kappa shape index (κ1) is 31.8. The molecule has 2 aromatic carbocycles. The summed E-state index contributed by atoms with van der Waals surface area (Å²) in [5.41, 5.74) is 12.7. The SMILES string of the molecule is CCC(C)C(NC(=O)C(CC(N)=O)NC(=O)C(N)Cc1ccc(O)cc1)C(=O)NC(Cc1ccccc1)C(=O)O. The molecule has 0 radical (unpaired) electrons. The topological polar surface area (TPSA) is 214 Å². The van der Waals surface area contributed by atoms with Gasteiger partial charge in [0.1, 0.15) is 23.9 Å². The van der Waals surface area contributed by atoms with E-state index >= 15 is 0 Å². The number of carbonyl (C=O) groups excluding carboxylic acids is 4. The fourth-order valence-corrected chi connectivity index (χ4v) is 3.94. The summed E-state index contributed by atoms with van der Waals surface area (Å²) in [4.78, 5) is 62.7. The maximum atomic E-state index is 13.2. The number of nitrogens with one attached hydrogen (secondary N) is 3. The van der Waals surface area contributed by atoms with Crippen LogP contribution < -0.4 is 27.4 Å². The molecule has 5 unspecified atom stereocenters. The van der Waals surface area contributed by atoms with Gasteiger partial charge in [0.15, 0.2) is 0 Å². The van der Waals surface area contributed by atoms with Crippen molar-refractivity contribution in [2.24, 2.45) is 17.4 Å². The van der Waals surface area contributed by atoms with Crippen molar-refractivity contribution >= 4 is 29.6 Å². The number of amides is 4. The highest BCUT2D eigenvalue weighted by Gasteiger charge is 2.33. The van der Waals surface area contributed by atoms with Crippen LogP contribution in [0.5, 0.6) is 5.75 Å². The van der Waals surface area contributed by atoms with Gasteiger partial charge >= 0.3 is 5.97 Å². The number of rotatable bonds is 15. The van der Waals surface area contributed by atoms with Gasteiger partial charge in [-0.25, -0.2) is 4.79 Å². The Morgan fingerprint density at radius 1 is 0.800 bits per heavy atom. The van der Waals surface area contributed by atoms with E-state index < -0.39 is 66.1 Å². The number of carbonyl (C=O) groups is 5. The summed E-state index contributed by atoms with van der Waals surface area (Å²) >= 11 is 0. The second-order valence-electron chi connectivity index (χ2n) is 9.67. The Morgan fingerprint density at radius 2 is 1.38 bits per heavy atom. The van der Waals surface area contributed by atoms with Gasteiger partial charge in [0.25, 0.3) is 0 Å². The van der Waals surface area contributed by atoms with Gasteiger partial charge in [0.05, 0.1) is 12.5 Å². The number of benzene rings is 2. The molecule has 0 saturated heterocycles. The molecule has 40 heavy (non-hydrogen) atoms. The van der Waals surface area contributed by atoms with Crippen LogP contribution in [0, 0.1) is 5.92 Å². The van der Waals surface area contributed by atoms with Gasteiger partial charge in [0, 0.05) is 6.42 Å². The summed E-state index contributed by atoms with van der Waals surface area (Å²) in [7, 11) is 0. The third-order valence-corrected chi connectivity index (χ3v) is 6.46. The molecule has 0 aliphatic carbocycles. The highest BCUT2D eigenvalue weighted by Crippen LogP contribution is 2.12. The van der Waals surface area contributed by atoms with Crippen LogP contribution in [0.25, 0.3) is 0 Å². The van der Waals surface area contributed by atoms with E-state index in [9.17, 15) is 34.2 Å². The Balaban J connectivity index is 2.14. The molecule has 2 rings (SSSR count). The second kappa shape index (κ2) is 15.2. The van der Waals surface area contributed by atoms with E-state index in [1.54, 1.807) is 56.3 Å². The van der Waals surface area contributed by atoms with Crippen LogP contribution >= 0.6 is 0 Å². The minimum atomic E-state index is -1.42. The number of aliphatic carboxylic acids is 1. The molecule has 0 spiro atoms. The quantitative estimate of drug-likeness (QED) is 0.158. The van der Waals surface area contributed by atoms with E-state index in [0.717, 1.165) is 0 Å². The molecule has 0 aliphatic rings. The molecule has 4 amide bonds. The van der Waals surface area contributed by atoms with Gasteiger partial charge in [-0.3, -0.25) is 19.2 Å². The van der Waals surface area contributed by atoms with E-state index in [2.05, 4.69) is 16.0 Å². The van der Waals surface area contributed by atoms with Gasteiger partial charge in [-0.2, -0.15) is 0 Å². The van der Waals surface area contributed by atoms with E-state index in [-0.39, 0.29) is 18.6 Å². The number of aromatic hydroxyl groups is 1. The fraction of sp³-hybridized carbons (Fsp3) is 0.393.